The highest BCUT2D eigenvalue weighted by molar-refractivity contribution is 8.18. The Kier molecular flexibility index (Phi) is 9.05. The van der Waals surface area contributed by atoms with Crippen molar-refractivity contribution in [1.29, 1.82) is 0 Å². The highest BCUT2D eigenvalue weighted by Crippen LogP contribution is 2.34. The topological polar surface area (TPSA) is 94.2 Å². The number of anilines is 1. The number of rotatable bonds is 11. The lowest BCUT2D eigenvalue weighted by molar-refractivity contribution is -0.127. The number of nitrogens with zero attached hydrogens (tertiary/aromatic N) is 1. The van der Waals surface area contributed by atoms with Gasteiger partial charge in [0.2, 0.25) is 5.91 Å². The number of hydrogen-bond acceptors (Lipinski definition) is 7. The highest BCUT2D eigenvalue weighted by atomic mass is 32.2. The van der Waals surface area contributed by atoms with Crippen LogP contribution in [0.3, 0.4) is 0 Å². The van der Waals surface area contributed by atoms with Gasteiger partial charge in [-0.05, 0) is 73.6 Å². The van der Waals surface area contributed by atoms with Crippen LogP contribution in [-0.2, 0) is 9.59 Å². The van der Waals surface area contributed by atoms with E-state index in [2.05, 4.69) is 5.32 Å². The van der Waals surface area contributed by atoms with E-state index in [1.165, 1.54) is 0 Å². The number of aryl methyl sites for hydroxylation is 1. The lowest BCUT2D eigenvalue weighted by Gasteiger charge is -2.13. The van der Waals surface area contributed by atoms with Crippen LogP contribution in [0.15, 0.2) is 77.7 Å². The number of ether oxygens (including phenoxy) is 3. The second kappa shape index (κ2) is 12.8. The van der Waals surface area contributed by atoms with E-state index in [4.69, 9.17) is 14.2 Å². The van der Waals surface area contributed by atoms with Crippen molar-refractivity contribution in [1.82, 2.24) is 4.90 Å². The fraction of sp³-hybridized carbons (Fsp3) is 0.207. The van der Waals surface area contributed by atoms with Crippen LogP contribution in [-0.4, -0.2) is 48.3 Å². The number of nitrogens with one attached hydrogen (secondary N) is 1. The summed E-state index contributed by atoms with van der Waals surface area (Å²) >= 11 is 0.794. The monoisotopic (exact) mass is 532 g/mol. The van der Waals surface area contributed by atoms with Crippen LogP contribution < -0.4 is 19.5 Å². The molecule has 0 saturated carbocycles. The summed E-state index contributed by atoms with van der Waals surface area (Å²) in [5.74, 6) is 0.854. The largest absolute Gasteiger partial charge is 0.490 e. The molecule has 9 heteroatoms. The fourth-order valence-corrected chi connectivity index (χ4v) is 4.44. The molecule has 1 heterocycles. The van der Waals surface area contributed by atoms with Crippen molar-refractivity contribution in [3.8, 4) is 17.2 Å². The van der Waals surface area contributed by atoms with Crippen molar-refractivity contribution in [3.05, 3.63) is 88.8 Å². The van der Waals surface area contributed by atoms with Crippen molar-refractivity contribution in [3.63, 3.8) is 0 Å². The van der Waals surface area contributed by atoms with Gasteiger partial charge in [-0.1, -0.05) is 42.0 Å². The molecule has 0 aliphatic carbocycles. The Balaban J connectivity index is 1.37. The minimum atomic E-state index is -0.519. The first kappa shape index (κ1) is 26.8. The van der Waals surface area contributed by atoms with E-state index < -0.39 is 17.1 Å². The van der Waals surface area contributed by atoms with Gasteiger partial charge < -0.3 is 19.5 Å². The Morgan fingerprint density at radius 3 is 2.39 bits per heavy atom. The van der Waals surface area contributed by atoms with Gasteiger partial charge in [0.05, 0.1) is 11.5 Å². The molecular formula is C29H28N2O6S. The van der Waals surface area contributed by atoms with E-state index in [-0.39, 0.29) is 11.4 Å². The van der Waals surface area contributed by atoms with Crippen molar-refractivity contribution < 1.29 is 28.6 Å². The zero-order valence-corrected chi connectivity index (χ0v) is 22.0. The molecule has 3 amide bonds. The lowest BCUT2D eigenvalue weighted by Crippen LogP contribution is -2.36. The Labute approximate surface area is 225 Å². The minimum absolute atomic E-state index is 0.227. The van der Waals surface area contributed by atoms with E-state index >= 15 is 0 Å². The minimum Gasteiger partial charge on any atom is -0.490 e. The van der Waals surface area contributed by atoms with Gasteiger partial charge >= 0.3 is 0 Å². The van der Waals surface area contributed by atoms with Gasteiger partial charge in [0.1, 0.15) is 25.5 Å². The molecule has 0 bridgehead atoms. The highest BCUT2D eigenvalue weighted by Gasteiger charge is 2.36. The predicted molar refractivity (Wildman–Crippen MR) is 148 cm³/mol. The van der Waals surface area contributed by atoms with Crippen LogP contribution in [0, 0.1) is 6.92 Å². The number of imide groups is 1. The molecule has 0 radical (unpaired) electrons. The summed E-state index contributed by atoms with van der Waals surface area (Å²) < 4.78 is 17.3. The molecule has 1 aliphatic heterocycles. The molecule has 38 heavy (non-hydrogen) atoms. The summed E-state index contributed by atoms with van der Waals surface area (Å²) in [6, 6.07) is 21.9. The average molecular weight is 533 g/mol. The van der Waals surface area contributed by atoms with Gasteiger partial charge in [-0.2, -0.15) is 0 Å². The summed E-state index contributed by atoms with van der Waals surface area (Å²) in [5.41, 5.74) is 2.41. The third-order valence-corrected chi connectivity index (χ3v) is 6.34. The van der Waals surface area contributed by atoms with E-state index in [9.17, 15) is 14.4 Å². The van der Waals surface area contributed by atoms with Crippen molar-refractivity contribution in [2.45, 2.75) is 13.8 Å². The maximum absolute atomic E-state index is 12.9. The van der Waals surface area contributed by atoms with Gasteiger partial charge in [-0.3, -0.25) is 19.3 Å². The second-order valence-corrected chi connectivity index (χ2v) is 9.32. The normalized spacial score (nSPS) is 14.1. The molecule has 0 spiro atoms. The summed E-state index contributed by atoms with van der Waals surface area (Å²) in [5, 5.41) is 2.18. The van der Waals surface area contributed by atoms with Gasteiger partial charge in [-0.25, -0.2) is 0 Å². The molecule has 1 fully saturated rings. The number of carbonyl (C=O) groups is 3. The molecule has 0 atom stereocenters. The fourth-order valence-electron chi connectivity index (χ4n) is 3.60. The van der Waals surface area contributed by atoms with Gasteiger partial charge in [0, 0.05) is 5.69 Å². The summed E-state index contributed by atoms with van der Waals surface area (Å²) in [6.45, 7) is 4.62. The van der Waals surface area contributed by atoms with Crippen LogP contribution in [0.25, 0.3) is 6.08 Å². The summed E-state index contributed by atoms with van der Waals surface area (Å²) in [6.07, 6.45) is 1.60. The average Bonchev–Trinajstić information content (AvgIpc) is 3.16. The molecule has 8 nitrogen and oxygen atoms in total. The Morgan fingerprint density at radius 2 is 1.66 bits per heavy atom. The third-order valence-electron chi connectivity index (χ3n) is 5.43. The van der Waals surface area contributed by atoms with E-state index in [1.54, 1.807) is 48.5 Å². The molecular weight excluding hydrogens is 504 g/mol. The second-order valence-electron chi connectivity index (χ2n) is 8.33. The van der Waals surface area contributed by atoms with Crippen LogP contribution in [0.2, 0.25) is 0 Å². The van der Waals surface area contributed by atoms with E-state index in [0.29, 0.717) is 42.6 Å². The SMILES string of the molecule is CCOc1cc(/C=C2\SC(=O)N(CC(=O)Nc3ccccc3)C2=O)ccc1OCCOc1ccc(C)cc1. The molecule has 0 aromatic heterocycles. The summed E-state index contributed by atoms with van der Waals surface area (Å²) in [4.78, 5) is 38.8. The molecule has 1 N–H and O–H groups in total. The molecule has 1 aliphatic rings. The quantitative estimate of drug-likeness (QED) is 0.256. The first-order valence-corrected chi connectivity index (χ1v) is 12.9. The van der Waals surface area contributed by atoms with Crippen LogP contribution >= 0.6 is 11.8 Å². The molecule has 1 saturated heterocycles. The Morgan fingerprint density at radius 1 is 0.921 bits per heavy atom. The van der Waals surface area contributed by atoms with Crippen molar-refractivity contribution >= 4 is 40.6 Å². The number of para-hydroxylation sites is 1. The standard InChI is InChI=1S/C29H28N2O6S/c1-3-35-25-17-21(11-14-24(25)37-16-15-36-23-12-9-20(2)10-13-23)18-26-28(33)31(29(34)38-26)19-27(32)30-22-7-5-4-6-8-22/h4-14,17-18H,3,15-16,19H2,1-2H3,(H,30,32)/b26-18-. The number of thioether (sulfide) groups is 1. The van der Waals surface area contributed by atoms with E-state index in [0.717, 1.165) is 28.0 Å². The van der Waals surface area contributed by atoms with Crippen LogP contribution in [0.4, 0.5) is 10.5 Å². The Hall–Kier alpha value is -4.24. The summed E-state index contributed by atoms with van der Waals surface area (Å²) in [7, 11) is 0. The van der Waals surface area contributed by atoms with Gasteiger partial charge in [-0.15, -0.1) is 0 Å². The number of hydrogen-bond donors (Lipinski definition) is 1. The lowest BCUT2D eigenvalue weighted by atomic mass is 10.2. The molecule has 3 aromatic carbocycles. The number of carbonyl (C=O) groups excluding carboxylic acids is 3. The first-order chi connectivity index (χ1) is 18.4. The van der Waals surface area contributed by atoms with Crippen molar-refractivity contribution in [2.24, 2.45) is 0 Å². The zero-order chi connectivity index (χ0) is 26.9. The smallest absolute Gasteiger partial charge is 0.294 e. The number of amides is 3. The molecule has 3 aromatic rings. The maximum Gasteiger partial charge on any atom is 0.294 e. The zero-order valence-electron chi connectivity index (χ0n) is 21.1. The number of benzene rings is 3. The molecule has 4 rings (SSSR count). The molecule has 196 valence electrons. The third kappa shape index (κ3) is 7.17. The maximum atomic E-state index is 12.9. The van der Waals surface area contributed by atoms with Crippen LogP contribution in [0.5, 0.6) is 17.2 Å². The van der Waals surface area contributed by atoms with Gasteiger partial charge in [0.25, 0.3) is 11.1 Å². The van der Waals surface area contributed by atoms with E-state index in [1.807, 2.05) is 44.2 Å². The van der Waals surface area contributed by atoms with Gasteiger partial charge in [0.15, 0.2) is 11.5 Å². The molecule has 0 unspecified atom stereocenters. The predicted octanol–water partition coefficient (Wildman–Crippen LogP) is 5.53. The first-order valence-electron chi connectivity index (χ1n) is 12.1. The van der Waals surface area contributed by atoms with Crippen LogP contribution in [0.1, 0.15) is 18.1 Å². The van der Waals surface area contributed by atoms with Crippen molar-refractivity contribution in [2.75, 3.05) is 31.7 Å². The Bertz CT molecular complexity index is 1320.